The van der Waals surface area contributed by atoms with Crippen molar-refractivity contribution in [3.63, 3.8) is 0 Å². The van der Waals surface area contributed by atoms with Gasteiger partial charge in [0.2, 0.25) is 0 Å². The van der Waals surface area contributed by atoms with Gasteiger partial charge in [0.25, 0.3) is 6.08 Å². The van der Waals surface area contributed by atoms with Gasteiger partial charge >= 0.3 is 5.69 Å². The van der Waals surface area contributed by atoms with Gasteiger partial charge in [-0.15, -0.1) is 0 Å². The van der Waals surface area contributed by atoms with E-state index in [0.717, 1.165) is 9.36 Å². The van der Waals surface area contributed by atoms with E-state index in [1.54, 1.807) is 30.3 Å². The Morgan fingerprint density at radius 3 is 2.47 bits per heavy atom. The van der Waals surface area contributed by atoms with Crippen LogP contribution in [0.4, 0.5) is 8.78 Å². The molecule has 1 aromatic heterocycles. The first-order valence-corrected chi connectivity index (χ1v) is 5.45. The molecule has 1 heterocycles. The molecule has 0 amide bonds. The molecule has 0 fully saturated rings. The second kappa shape index (κ2) is 5.53. The van der Waals surface area contributed by atoms with E-state index in [1.807, 2.05) is 0 Å². The summed E-state index contributed by atoms with van der Waals surface area (Å²) in [5.74, 6) is 0. The molecule has 0 spiro atoms. The molecule has 0 aliphatic heterocycles. The Morgan fingerprint density at radius 2 is 1.89 bits per heavy atom. The third-order valence-corrected chi connectivity index (χ3v) is 2.49. The predicted octanol–water partition coefficient (Wildman–Crippen LogP) is 0.538. The summed E-state index contributed by atoms with van der Waals surface area (Å²) in [4.78, 5) is 11.9. The van der Waals surface area contributed by atoms with Crippen LogP contribution in [0.25, 0.3) is 5.69 Å². The van der Waals surface area contributed by atoms with Crippen LogP contribution in [0.1, 0.15) is 0 Å². The van der Waals surface area contributed by atoms with E-state index < -0.39 is 11.8 Å². The van der Waals surface area contributed by atoms with Crippen LogP contribution in [0.15, 0.2) is 46.8 Å². The summed E-state index contributed by atoms with van der Waals surface area (Å²) in [6.07, 6.45) is -1.90. The molecule has 6 nitrogen and oxygen atoms in total. The number of benzene rings is 1. The maximum Gasteiger partial charge on any atom is 0.368 e. The fourth-order valence-electron chi connectivity index (χ4n) is 1.49. The van der Waals surface area contributed by atoms with E-state index in [9.17, 15) is 13.6 Å². The molecule has 0 saturated heterocycles. The Bertz CT molecular complexity index is 643. The van der Waals surface area contributed by atoms with Crippen molar-refractivity contribution in [3.05, 3.63) is 52.5 Å². The van der Waals surface area contributed by atoms with Crippen LogP contribution in [-0.4, -0.2) is 26.3 Å². The Balaban J connectivity index is 2.35. The van der Waals surface area contributed by atoms with Gasteiger partial charge in [0.1, 0.15) is 0 Å². The van der Waals surface area contributed by atoms with Crippen LogP contribution in [0.3, 0.4) is 0 Å². The highest BCUT2D eigenvalue weighted by Crippen LogP contribution is 2.07. The minimum Gasteiger partial charge on any atom is -0.327 e. The fourth-order valence-corrected chi connectivity index (χ4v) is 1.49. The van der Waals surface area contributed by atoms with Crippen molar-refractivity contribution in [1.82, 2.24) is 19.8 Å². The minimum atomic E-state index is -1.90. The number of nitrogens with zero attached hydrogens (tertiary/aromatic N) is 4. The number of para-hydroxylation sites is 1. The topological polar surface area (TPSA) is 78.7 Å². The number of hydrogen-bond donors (Lipinski definition) is 1. The lowest BCUT2D eigenvalue weighted by molar-refractivity contribution is 0.400. The SMILES string of the molecule is NCC(Cn1nnn(-c2ccccc2)c1=O)=C(F)F. The summed E-state index contributed by atoms with van der Waals surface area (Å²) >= 11 is 0. The highest BCUT2D eigenvalue weighted by atomic mass is 19.3. The van der Waals surface area contributed by atoms with Crippen LogP contribution in [-0.2, 0) is 6.54 Å². The van der Waals surface area contributed by atoms with E-state index in [1.165, 1.54) is 0 Å². The third-order valence-electron chi connectivity index (χ3n) is 2.49. The average molecular weight is 267 g/mol. The lowest BCUT2D eigenvalue weighted by atomic mass is 10.3. The largest absolute Gasteiger partial charge is 0.368 e. The minimum absolute atomic E-state index is 0.340. The lowest BCUT2D eigenvalue weighted by Crippen LogP contribution is -2.26. The maximum absolute atomic E-state index is 12.5. The molecule has 0 saturated carbocycles. The van der Waals surface area contributed by atoms with Gasteiger partial charge in [0.15, 0.2) is 0 Å². The molecule has 2 N–H and O–H groups in total. The summed E-state index contributed by atoms with van der Waals surface area (Å²) in [5.41, 5.74) is 4.75. The van der Waals surface area contributed by atoms with Gasteiger partial charge in [-0.05, 0) is 22.6 Å². The lowest BCUT2D eigenvalue weighted by Gasteiger charge is -2.01. The molecular formula is C11H11F2N5O. The monoisotopic (exact) mass is 267 g/mol. The molecule has 0 aliphatic rings. The van der Waals surface area contributed by atoms with Crippen molar-refractivity contribution >= 4 is 0 Å². The molecule has 0 aliphatic carbocycles. The Morgan fingerprint density at radius 1 is 1.21 bits per heavy atom. The smallest absolute Gasteiger partial charge is 0.327 e. The Hall–Kier alpha value is -2.35. The zero-order chi connectivity index (χ0) is 13.8. The average Bonchev–Trinajstić information content (AvgIpc) is 2.78. The molecule has 2 rings (SSSR count). The van der Waals surface area contributed by atoms with Crippen molar-refractivity contribution in [3.8, 4) is 5.69 Å². The van der Waals surface area contributed by atoms with Crippen molar-refractivity contribution in [2.24, 2.45) is 5.73 Å². The summed E-state index contributed by atoms with van der Waals surface area (Å²) in [7, 11) is 0. The van der Waals surface area contributed by atoms with Gasteiger partial charge in [-0.1, -0.05) is 18.2 Å². The van der Waals surface area contributed by atoms with Gasteiger partial charge in [-0.25, -0.2) is 4.79 Å². The standard InChI is InChI=1S/C11H11F2N5O/c12-10(13)8(6-14)7-17-11(19)18(16-15-17)9-4-2-1-3-5-9/h1-5H,6-7,14H2. The third kappa shape index (κ3) is 2.74. The van der Waals surface area contributed by atoms with Gasteiger partial charge in [-0.3, -0.25) is 0 Å². The van der Waals surface area contributed by atoms with Crippen molar-refractivity contribution < 1.29 is 8.78 Å². The van der Waals surface area contributed by atoms with Crippen LogP contribution < -0.4 is 11.4 Å². The first-order valence-electron chi connectivity index (χ1n) is 5.45. The first-order chi connectivity index (χ1) is 9.13. The van der Waals surface area contributed by atoms with Gasteiger partial charge in [0.05, 0.1) is 12.2 Å². The van der Waals surface area contributed by atoms with E-state index in [0.29, 0.717) is 5.69 Å². The summed E-state index contributed by atoms with van der Waals surface area (Å²) in [6, 6.07) is 8.57. The van der Waals surface area contributed by atoms with Crippen molar-refractivity contribution in [2.75, 3.05) is 6.54 Å². The van der Waals surface area contributed by atoms with Crippen LogP contribution in [0.2, 0.25) is 0 Å². The number of halogens is 2. The maximum atomic E-state index is 12.5. The van der Waals surface area contributed by atoms with Crippen LogP contribution >= 0.6 is 0 Å². The fraction of sp³-hybridized carbons (Fsp3) is 0.182. The highest BCUT2D eigenvalue weighted by Gasteiger charge is 2.12. The van der Waals surface area contributed by atoms with E-state index in [-0.39, 0.29) is 18.7 Å². The van der Waals surface area contributed by atoms with E-state index in [2.05, 4.69) is 10.4 Å². The second-order valence-electron chi connectivity index (χ2n) is 3.73. The number of nitrogens with two attached hydrogens (primary N) is 1. The molecule has 1 aromatic carbocycles. The van der Waals surface area contributed by atoms with Crippen molar-refractivity contribution in [1.29, 1.82) is 0 Å². The molecule has 0 atom stereocenters. The van der Waals surface area contributed by atoms with Crippen molar-refractivity contribution in [2.45, 2.75) is 6.54 Å². The molecular weight excluding hydrogens is 256 g/mol. The number of hydrogen-bond acceptors (Lipinski definition) is 4. The van der Waals surface area contributed by atoms with E-state index in [4.69, 9.17) is 5.73 Å². The summed E-state index contributed by atoms with van der Waals surface area (Å²) in [6.45, 7) is -0.711. The molecule has 8 heteroatoms. The predicted molar refractivity (Wildman–Crippen MR) is 63.9 cm³/mol. The van der Waals surface area contributed by atoms with Crippen LogP contribution in [0, 0.1) is 0 Å². The molecule has 0 bridgehead atoms. The molecule has 0 radical (unpaired) electrons. The number of aromatic nitrogens is 4. The number of tetrazole rings is 1. The normalized spacial score (nSPS) is 10.5. The van der Waals surface area contributed by atoms with E-state index >= 15 is 0 Å². The highest BCUT2D eigenvalue weighted by molar-refractivity contribution is 5.28. The zero-order valence-corrected chi connectivity index (χ0v) is 9.83. The molecule has 19 heavy (non-hydrogen) atoms. The zero-order valence-electron chi connectivity index (χ0n) is 9.83. The quantitative estimate of drug-likeness (QED) is 0.876. The van der Waals surface area contributed by atoms with Gasteiger partial charge in [0, 0.05) is 12.1 Å². The summed E-state index contributed by atoms with van der Waals surface area (Å²) < 4.78 is 26.8. The first kappa shape index (κ1) is 13.1. The van der Waals surface area contributed by atoms with Gasteiger partial charge in [-0.2, -0.15) is 18.1 Å². The summed E-state index contributed by atoms with van der Waals surface area (Å²) in [5, 5.41) is 7.20. The Labute approximate surface area is 106 Å². The van der Waals surface area contributed by atoms with Gasteiger partial charge < -0.3 is 5.73 Å². The van der Waals surface area contributed by atoms with Crippen LogP contribution in [0.5, 0.6) is 0 Å². The molecule has 0 unspecified atom stereocenters. The Kier molecular flexibility index (Phi) is 3.81. The second-order valence-corrected chi connectivity index (χ2v) is 3.73. The number of rotatable bonds is 4. The molecule has 2 aromatic rings. The molecule has 100 valence electrons.